The molecule has 0 aliphatic rings. The van der Waals surface area contributed by atoms with Gasteiger partial charge in [-0.25, -0.2) is 9.59 Å². The number of hydrogen-bond acceptors (Lipinski definition) is 8. The van der Waals surface area contributed by atoms with Crippen LogP contribution in [0.1, 0.15) is 46.0 Å². The highest BCUT2D eigenvalue weighted by atomic mass is 16.6. The maximum absolute atomic E-state index is 12.4. The molecule has 29 heavy (non-hydrogen) atoms. The van der Waals surface area contributed by atoms with Gasteiger partial charge in [-0.3, -0.25) is 20.2 Å². The van der Waals surface area contributed by atoms with Crippen molar-refractivity contribution in [2.24, 2.45) is 0 Å². The molecular formula is C19H18N2O8. The highest BCUT2D eigenvalue weighted by Crippen LogP contribution is 2.23. The van der Waals surface area contributed by atoms with Crippen LogP contribution in [0.2, 0.25) is 0 Å². The van der Waals surface area contributed by atoms with E-state index in [0.717, 1.165) is 24.6 Å². The molecule has 0 bridgehead atoms. The predicted octanol–water partition coefficient (Wildman–Crippen LogP) is 3.82. The third-order valence-corrected chi connectivity index (χ3v) is 3.85. The molecule has 0 radical (unpaired) electrons. The molecule has 0 aromatic heterocycles. The summed E-state index contributed by atoms with van der Waals surface area (Å²) in [4.78, 5) is 44.9. The lowest BCUT2D eigenvalue weighted by molar-refractivity contribution is -0.394. The molecule has 0 unspecified atom stereocenters. The minimum Gasteiger partial charge on any atom is -0.462 e. The van der Waals surface area contributed by atoms with E-state index in [1.807, 2.05) is 6.92 Å². The fourth-order valence-corrected chi connectivity index (χ4v) is 2.40. The first-order chi connectivity index (χ1) is 13.8. The van der Waals surface area contributed by atoms with Crippen molar-refractivity contribution in [1.82, 2.24) is 0 Å². The molecule has 10 nitrogen and oxygen atoms in total. The average molecular weight is 402 g/mol. The van der Waals surface area contributed by atoms with Crippen LogP contribution in [-0.2, 0) is 16.1 Å². The third kappa shape index (κ3) is 5.83. The van der Waals surface area contributed by atoms with Crippen LogP contribution in [0.3, 0.4) is 0 Å². The Morgan fingerprint density at radius 3 is 1.90 bits per heavy atom. The second kappa shape index (κ2) is 9.93. The van der Waals surface area contributed by atoms with Crippen molar-refractivity contribution in [3.05, 3.63) is 79.4 Å². The number of nitro groups is 2. The Kier molecular flexibility index (Phi) is 7.35. The molecule has 2 aromatic carbocycles. The van der Waals surface area contributed by atoms with Gasteiger partial charge in [0.2, 0.25) is 0 Å². The zero-order chi connectivity index (χ0) is 21.4. The Balaban J connectivity index is 2.17. The maximum atomic E-state index is 12.4. The normalized spacial score (nSPS) is 10.2. The van der Waals surface area contributed by atoms with Gasteiger partial charge < -0.3 is 9.47 Å². The average Bonchev–Trinajstić information content (AvgIpc) is 2.71. The second-order valence-electron chi connectivity index (χ2n) is 5.98. The zero-order valence-corrected chi connectivity index (χ0v) is 15.5. The van der Waals surface area contributed by atoms with Crippen LogP contribution in [0.15, 0.2) is 42.5 Å². The Hall–Kier alpha value is -3.82. The number of benzene rings is 2. The lowest BCUT2D eigenvalue weighted by Gasteiger charge is -2.10. The molecule has 0 N–H and O–H groups in total. The summed E-state index contributed by atoms with van der Waals surface area (Å²) in [7, 11) is 0. The van der Waals surface area contributed by atoms with Gasteiger partial charge in [0.15, 0.2) is 0 Å². The summed E-state index contributed by atoms with van der Waals surface area (Å²) < 4.78 is 10.2. The number of carbonyl (C=O) groups excluding carboxylic acids is 2. The fraction of sp³-hybridized carbons (Fsp3) is 0.263. The summed E-state index contributed by atoms with van der Waals surface area (Å²) in [6.45, 7) is 1.72. The SMILES string of the molecule is CCCCOC(=O)c1ccccc1C(=O)OCc1cc([N+](=O)[O-])cc([N+](=O)[O-])c1. The molecule has 0 heterocycles. The number of nitrogens with zero attached hydrogens (tertiary/aromatic N) is 2. The number of nitro benzene ring substituents is 2. The van der Waals surface area contributed by atoms with E-state index < -0.39 is 39.8 Å². The van der Waals surface area contributed by atoms with Crippen LogP contribution < -0.4 is 0 Å². The molecule has 0 atom stereocenters. The van der Waals surface area contributed by atoms with Crippen LogP contribution in [0, 0.1) is 20.2 Å². The summed E-state index contributed by atoms with van der Waals surface area (Å²) in [5, 5.41) is 21.9. The number of unbranched alkanes of at least 4 members (excludes halogenated alkanes) is 1. The molecular weight excluding hydrogens is 384 g/mol. The number of rotatable bonds is 9. The van der Waals surface area contributed by atoms with Gasteiger partial charge in [-0.05, 0) is 18.6 Å². The molecule has 152 valence electrons. The molecule has 0 saturated carbocycles. The zero-order valence-electron chi connectivity index (χ0n) is 15.5. The van der Waals surface area contributed by atoms with Gasteiger partial charge in [0.25, 0.3) is 11.4 Å². The van der Waals surface area contributed by atoms with Gasteiger partial charge >= 0.3 is 11.9 Å². The molecule has 2 aromatic rings. The fourth-order valence-electron chi connectivity index (χ4n) is 2.40. The third-order valence-electron chi connectivity index (χ3n) is 3.85. The van der Waals surface area contributed by atoms with Crippen LogP contribution in [0.5, 0.6) is 0 Å². The second-order valence-corrected chi connectivity index (χ2v) is 5.98. The van der Waals surface area contributed by atoms with E-state index in [1.54, 1.807) is 6.07 Å². The molecule has 0 spiro atoms. The summed E-state index contributed by atoms with van der Waals surface area (Å²) in [6.07, 6.45) is 1.52. The van der Waals surface area contributed by atoms with E-state index >= 15 is 0 Å². The molecule has 2 rings (SSSR count). The summed E-state index contributed by atoms with van der Waals surface area (Å²) >= 11 is 0. The molecule has 0 saturated heterocycles. The van der Waals surface area contributed by atoms with Crippen LogP contribution >= 0.6 is 0 Å². The summed E-state index contributed by atoms with van der Waals surface area (Å²) in [5.74, 6) is -1.53. The van der Waals surface area contributed by atoms with E-state index in [2.05, 4.69) is 0 Å². The van der Waals surface area contributed by atoms with Crippen LogP contribution in [0.4, 0.5) is 11.4 Å². The van der Waals surface area contributed by atoms with Gasteiger partial charge in [-0.15, -0.1) is 0 Å². The predicted molar refractivity (Wildman–Crippen MR) is 101 cm³/mol. The molecule has 0 amide bonds. The smallest absolute Gasteiger partial charge is 0.339 e. The topological polar surface area (TPSA) is 139 Å². The maximum Gasteiger partial charge on any atom is 0.339 e. The highest BCUT2D eigenvalue weighted by Gasteiger charge is 2.21. The van der Waals surface area contributed by atoms with E-state index in [1.165, 1.54) is 18.2 Å². The van der Waals surface area contributed by atoms with E-state index in [9.17, 15) is 29.8 Å². The minimum atomic E-state index is -0.859. The van der Waals surface area contributed by atoms with E-state index in [4.69, 9.17) is 9.47 Å². The van der Waals surface area contributed by atoms with Crippen LogP contribution in [0.25, 0.3) is 0 Å². The number of ether oxygens (including phenoxy) is 2. The quantitative estimate of drug-likeness (QED) is 0.267. The summed E-state index contributed by atoms with van der Waals surface area (Å²) in [6, 6.07) is 8.87. The first-order valence-electron chi connectivity index (χ1n) is 8.69. The standard InChI is InChI=1S/C19H18N2O8/c1-2-3-8-28-18(22)16-6-4-5-7-17(16)19(23)29-12-13-9-14(20(24)25)11-15(10-13)21(26)27/h4-7,9-11H,2-3,8,12H2,1H3. The van der Waals surface area contributed by atoms with Gasteiger partial charge in [-0.2, -0.15) is 0 Å². The first kappa shape index (κ1) is 21.5. The summed E-state index contributed by atoms with van der Waals surface area (Å²) in [5.41, 5.74) is -0.926. The van der Waals surface area contributed by atoms with Gasteiger partial charge in [0.05, 0.1) is 33.6 Å². The number of carbonyl (C=O) groups is 2. The largest absolute Gasteiger partial charge is 0.462 e. The van der Waals surface area contributed by atoms with Crippen molar-refractivity contribution in [2.75, 3.05) is 6.61 Å². The van der Waals surface area contributed by atoms with Crippen molar-refractivity contribution in [2.45, 2.75) is 26.4 Å². The number of esters is 2. The van der Waals surface area contributed by atoms with Crippen molar-refractivity contribution >= 4 is 23.3 Å². The van der Waals surface area contributed by atoms with E-state index in [-0.39, 0.29) is 23.3 Å². The molecule has 0 fully saturated rings. The van der Waals surface area contributed by atoms with Crippen molar-refractivity contribution in [1.29, 1.82) is 0 Å². The van der Waals surface area contributed by atoms with Crippen molar-refractivity contribution in [3.63, 3.8) is 0 Å². The van der Waals surface area contributed by atoms with Crippen molar-refractivity contribution < 1.29 is 28.9 Å². The number of hydrogen-bond donors (Lipinski definition) is 0. The highest BCUT2D eigenvalue weighted by molar-refractivity contribution is 6.03. The monoisotopic (exact) mass is 402 g/mol. The van der Waals surface area contributed by atoms with E-state index in [0.29, 0.717) is 6.42 Å². The van der Waals surface area contributed by atoms with Gasteiger partial charge in [0, 0.05) is 17.7 Å². The Morgan fingerprint density at radius 1 is 0.897 bits per heavy atom. The number of non-ortho nitro benzene ring substituents is 2. The lowest BCUT2D eigenvalue weighted by atomic mass is 10.1. The Morgan fingerprint density at radius 2 is 1.41 bits per heavy atom. The van der Waals surface area contributed by atoms with Crippen molar-refractivity contribution in [3.8, 4) is 0 Å². The Bertz CT molecular complexity index is 909. The van der Waals surface area contributed by atoms with Gasteiger partial charge in [0.1, 0.15) is 6.61 Å². The lowest BCUT2D eigenvalue weighted by Crippen LogP contribution is -2.14. The molecule has 0 aliphatic carbocycles. The molecule has 0 aliphatic heterocycles. The van der Waals surface area contributed by atoms with Gasteiger partial charge in [-0.1, -0.05) is 25.5 Å². The molecule has 10 heteroatoms. The van der Waals surface area contributed by atoms with Crippen LogP contribution in [-0.4, -0.2) is 28.4 Å². The minimum absolute atomic E-state index is 0.0265. The first-order valence-corrected chi connectivity index (χ1v) is 8.69. The Labute approximate surface area is 165 Å².